The molecule has 1 atom stereocenters. The van der Waals surface area contributed by atoms with Crippen LogP contribution < -0.4 is 9.62 Å². The van der Waals surface area contributed by atoms with E-state index in [-0.39, 0.29) is 28.7 Å². The summed E-state index contributed by atoms with van der Waals surface area (Å²) in [5.41, 5.74) is 0.0685. The quantitative estimate of drug-likeness (QED) is 0.258. The third-order valence-electron chi connectivity index (χ3n) is 6.06. The Kier molecular flexibility index (Phi) is 9.94. The highest BCUT2D eigenvalue weighted by molar-refractivity contribution is 7.92. The zero-order valence-electron chi connectivity index (χ0n) is 22.4. The smallest absolute Gasteiger partial charge is 0.271 e. The van der Waals surface area contributed by atoms with Gasteiger partial charge in [0.25, 0.3) is 15.7 Å². The SMILES string of the molecule is CC(C)CNC(=O)[C@H](C)N(Cc1ccc(F)cc1)C(=O)CN(c1cccc([N+](=O)[O-])c1)S(=O)(=O)c1ccccc1. The molecule has 12 heteroatoms. The number of nitrogens with one attached hydrogen (secondary N) is 1. The molecule has 10 nitrogen and oxygen atoms in total. The highest BCUT2D eigenvalue weighted by atomic mass is 32.2. The molecule has 3 aromatic rings. The Labute approximate surface area is 232 Å². The Balaban J connectivity index is 2.04. The lowest BCUT2D eigenvalue weighted by atomic mass is 10.1. The molecule has 0 saturated heterocycles. The van der Waals surface area contributed by atoms with Crippen LogP contribution in [0.15, 0.2) is 83.8 Å². The van der Waals surface area contributed by atoms with E-state index in [4.69, 9.17) is 0 Å². The van der Waals surface area contributed by atoms with Crippen molar-refractivity contribution in [3.05, 3.63) is 100 Å². The minimum Gasteiger partial charge on any atom is -0.354 e. The average molecular weight is 571 g/mol. The van der Waals surface area contributed by atoms with Gasteiger partial charge in [0.2, 0.25) is 11.8 Å². The van der Waals surface area contributed by atoms with Crippen LogP contribution in [-0.4, -0.2) is 49.2 Å². The second kappa shape index (κ2) is 13.2. The van der Waals surface area contributed by atoms with Gasteiger partial charge in [-0.2, -0.15) is 0 Å². The summed E-state index contributed by atoms with van der Waals surface area (Å²) in [6.45, 7) is 4.85. The van der Waals surface area contributed by atoms with Crippen LogP contribution in [0, 0.1) is 21.8 Å². The van der Waals surface area contributed by atoms with Crippen molar-refractivity contribution in [2.24, 2.45) is 5.92 Å². The van der Waals surface area contributed by atoms with Gasteiger partial charge in [-0.05, 0) is 48.7 Å². The number of sulfonamides is 1. The number of carbonyl (C=O) groups is 2. The largest absolute Gasteiger partial charge is 0.354 e. The maximum absolute atomic E-state index is 13.8. The minimum absolute atomic E-state index is 0.0925. The third-order valence-corrected chi connectivity index (χ3v) is 7.84. The summed E-state index contributed by atoms with van der Waals surface area (Å²) in [4.78, 5) is 38.6. The molecule has 2 amide bonds. The molecule has 0 radical (unpaired) electrons. The molecule has 40 heavy (non-hydrogen) atoms. The van der Waals surface area contributed by atoms with Crippen molar-refractivity contribution in [3.8, 4) is 0 Å². The van der Waals surface area contributed by atoms with Crippen LogP contribution in [0.25, 0.3) is 0 Å². The number of rotatable bonds is 12. The number of nitrogens with zero attached hydrogens (tertiary/aromatic N) is 3. The normalized spacial score (nSPS) is 12.0. The first-order chi connectivity index (χ1) is 18.9. The Morgan fingerprint density at radius 3 is 2.23 bits per heavy atom. The fourth-order valence-electron chi connectivity index (χ4n) is 3.83. The molecule has 0 saturated carbocycles. The van der Waals surface area contributed by atoms with E-state index in [2.05, 4.69) is 5.32 Å². The van der Waals surface area contributed by atoms with Crippen molar-refractivity contribution in [1.29, 1.82) is 0 Å². The van der Waals surface area contributed by atoms with Crippen LogP contribution in [0.5, 0.6) is 0 Å². The van der Waals surface area contributed by atoms with Crippen LogP contribution in [0.2, 0.25) is 0 Å². The van der Waals surface area contributed by atoms with Crippen LogP contribution in [-0.2, 0) is 26.2 Å². The zero-order chi connectivity index (χ0) is 29.4. The van der Waals surface area contributed by atoms with Gasteiger partial charge in [-0.1, -0.05) is 50.2 Å². The standard InChI is InChI=1S/C28H31FN4O6S/c1-20(2)17-30-28(35)21(3)31(18-22-12-14-23(29)15-13-22)27(34)19-32(24-8-7-9-25(16-24)33(36)37)40(38,39)26-10-5-4-6-11-26/h4-16,20-21H,17-19H2,1-3H3,(H,30,35)/t21-/m0/s1. The second-order valence-corrected chi connectivity index (χ2v) is 11.4. The molecule has 1 N–H and O–H groups in total. The van der Waals surface area contributed by atoms with Gasteiger partial charge in [0.1, 0.15) is 18.4 Å². The second-order valence-electron chi connectivity index (χ2n) is 9.56. The highest BCUT2D eigenvalue weighted by Gasteiger charge is 2.33. The van der Waals surface area contributed by atoms with E-state index in [0.717, 1.165) is 10.4 Å². The van der Waals surface area contributed by atoms with Crippen molar-refractivity contribution in [1.82, 2.24) is 10.2 Å². The number of benzene rings is 3. The monoisotopic (exact) mass is 570 g/mol. The number of carbonyl (C=O) groups excluding carboxylic acids is 2. The van der Waals surface area contributed by atoms with E-state index in [1.807, 2.05) is 13.8 Å². The van der Waals surface area contributed by atoms with Crippen LogP contribution in [0.3, 0.4) is 0 Å². The van der Waals surface area contributed by atoms with E-state index in [1.165, 1.54) is 78.6 Å². The van der Waals surface area contributed by atoms with Crippen molar-refractivity contribution in [3.63, 3.8) is 0 Å². The number of nitro groups is 1. The van der Waals surface area contributed by atoms with Crippen LogP contribution in [0.1, 0.15) is 26.3 Å². The predicted octanol–water partition coefficient (Wildman–Crippen LogP) is 4.12. The lowest BCUT2D eigenvalue weighted by molar-refractivity contribution is -0.384. The Morgan fingerprint density at radius 2 is 1.62 bits per heavy atom. The molecule has 0 bridgehead atoms. The molecule has 0 aliphatic heterocycles. The number of nitro benzene ring substituents is 1. The number of hydrogen-bond acceptors (Lipinski definition) is 6. The molecule has 0 aromatic heterocycles. The molecular weight excluding hydrogens is 539 g/mol. The van der Waals surface area contributed by atoms with E-state index >= 15 is 0 Å². The van der Waals surface area contributed by atoms with Gasteiger partial charge >= 0.3 is 0 Å². The average Bonchev–Trinajstić information content (AvgIpc) is 2.94. The summed E-state index contributed by atoms with van der Waals surface area (Å²) in [5.74, 6) is -1.51. The molecule has 3 aromatic carbocycles. The maximum atomic E-state index is 13.8. The van der Waals surface area contributed by atoms with Crippen molar-refractivity contribution in [2.75, 3.05) is 17.4 Å². The topological polar surface area (TPSA) is 130 Å². The fraction of sp³-hybridized carbons (Fsp3) is 0.286. The number of amides is 2. The van der Waals surface area contributed by atoms with Crippen molar-refractivity contribution < 1.29 is 27.3 Å². The van der Waals surface area contributed by atoms with Crippen LogP contribution >= 0.6 is 0 Å². The molecule has 0 spiro atoms. The van der Waals surface area contributed by atoms with Gasteiger partial charge in [-0.3, -0.25) is 24.0 Å². The molecule has 0 aliphatic rings. The fourth-order valence-corrected chi connectivity index (χ4v) is 5.26. The minimum atomic E-state index is -4.36. The van der Waals surface area contributed by atoms with Gasteiger partial charge in [0.15, 0.2) is 0 Å². The summed E-state index contributed by atoms with van der Waals surface area (Å²) in [6, 6.07) is 16.7. The van der Waals surface area contributed by atoms with E-state index in [9.17, 15) is 32.5 Å². The van der Waals surface area contributed by atoms with E-state index < -0.39 is 45.2 Å². The summed E-state index contributed by atoms with van der Waals surface area (Å²) < 4.78 is 41.7. The molecule has 3 rings (SSSR count). The van der Waals surface area contributed by atoms with Gasteiger partial charge < -0.3 is 10.2 Å². The molecule has 0 unspecified atom stereocenters. The molecule has 0 aliphatic carbocycles. The summed E-state index contributed by atoms with van der Waals surface area (Å²) in [7, 11) is -4.36. The van der Waals surface area contributed by atoms with Crippen molar-refractivity contribution >= 4 is 33.2 Å². The molecule has 0 heterocycles. The Hall–Kier alpha value is -4.32. The number of halogens is 1. The highest BCUT2D eigenvalue weighted by Crippen LogP contribution is 2.27. The van der Waals surface area contributed by atoms with Gasteiger partial charge in [0, 0.05) is 25.2 Å². The Morgan fingerprint density at radius 1 is 0.975 bits per heavy atom. The first-order valence-electron chi connectivity index (χ1n) is 12.5. The molecule has 212 valence electrons. The van der Waals surface area contributed by atoms with E-state index in [0.29, 0.717) is 12.1 Å². The van der Waals surface area contributed by atoms with Gasteiger partial charge in [-0.25, -0.2) is 12.8 Å². The number of anilines is 1. The van der Waals surface area contributed by atoms with Crippen LogP contribution in [0.4, 0.5) is 15.8 Å². The van der Waals surface area contributed by atoms with Gasteiger partial charge in [0.05, 0.1) is 15.5 Å². The first kappa shape index (κ1) is 30.2. The summed E-state index contributed by atoms with van der Waals surface area (Å²) >= 11 is 0. The summed E-state index contributed by atoms with van der Waals surface area (Å²) in [5, 5.41) is 14.2. The third kappa shape index (κ3) is 7.63. The first-order valence-corrected chi connectivity index (χ1v) is 14.0. The predicted molar refractivity (Wildman–Crippen MR) is 148 cm³/mol. The van der Waals surface area contributed by atoms with E-state index in [1.54, 1.807) is 6.07 Å². The number of hydrogen-bond donors (Lipinski definition) is 1. The lowest BCUT2D eigenvalue weighted by Gasteiger charge is -2.32. The van der Waals surface area contributed by atoms with Gasteiger partial charge in [-0.15, -0.1) is 0 Å². The number of non-ortho nitro benzene ring substituents is 1. The Bertz CT molecular complexity index is 1450. The summed E-state index contributed by atoms with van der Waals surface area (Å²) in [6.07, 6.45) is 0. The zero-order valence-corrected chi connectivity index (χ0v) is 23.2. The molecule has 0 fully saturated rings. The van der Waals surface area contributed by atoms with Crippen molar-refractivity contribution in [2.45, 2.75) is 38.3 Å². The molecular formula is C28H31FN4O6S. The maximum Gasteiger partial charge on any atom is 0.271 e. The lowest BCUT2D eigenvalue weighted by Crippen LogP contribution is -2.51.